The Bertz CT molecular complexity index is 4170. The predicted octanol–water partition coefficient (Wildman–Crippen LogP) is 11.3. The van der Waals surface area contributed by atoms with E-state index in [4.69, 9.17) is 0 Å². The SMILES string of the molecule is CN1c2ccccc2N2C=CNC12.Cn1c2ccccc2c2ccccc21.Cn1c2ccccc2n2c3ccccc3nc12.Cn1c2ccccc2n2ccnc12.Cn1ccn2c3ccccc3nc12. The number of anilines is 2. The Kier molecular flexibility index (Phi) is 10.3. The van der Waals surface area contributed by atoms with Gasteiger partial charge in [0, 0.05) is 94.2 Å². The quantitative estimate of drug-likeness (QED) is 0.163. The first kappa shape index (κ1) is 42.1. The molecule has 0 fully saturated rings. The van der Waals surface area contributed by atoms with E-state index in [1.165, 1.54) is 60.8 Å². The van der Waals surface area contributed by atoms with Crippen LogP contribution in [0.3, 0.4) is 0 Å². The van der Waals surface area contributed by atoms with Crippen LogP contribution in [0.5, 0.6) is 0 Å². The molecule has 0 bridgehead atoms. The van der Waals surface area contributed by atoms with Crippen molar-refractivity contribution >= 4 is 94.6 Å². The van der Waals surface area contributed by atoms with E-state index >= 15 is 0 Å². The number of nitrogens with zero attached hydrogens (tertiary/aromatic N) is 12. The minimum atomic E-state index is 0.275. The van der Waals surface area contributed by atoms with Crippen molar-refractivity contribution in [2.75, 3.05) is 16.8 Å². The molecule has 70 heavy (non-hydrogen) atoms. The van der Waals surface area contributed by atoms with Crippen molar-refractivity contribution in [3.63, 3.8) is 0 Å². The summed E-state index contributed by atoms with van der Waals surface area (Å²) in [6.45, 7) is 0. The highest BCUT2D eigenvalue weighted by Gasteiger charge is 2.33. The van der Waals surface area contributed by atoms with Gasteiger partial charge in [-0.05, 0) is 72.8 Å². The number of benzene rings is 7. The zero-order valence-corrected chi connectivity index (χ0v) is 39.6. The molecule has 0 aliphatic carbocycles. The molecule has 1 N–H and O–H groups in total. The van der Waals surface area contributed by atoms with Gasteiger partial charge in [0.1, 0.15) is 0 Å². The molecule has 1 atom stereocenters. The minimum Gasteiger partial charge on any atom is -0.353 e. The molecule has 7 aromatic heterocycles. The van der Waals surface area contributed by atoms with Crippen LogP contribution in [0, 0.1) is 0 Å². The van der Waals surface area contributed by atoms with Gasteiger partial charge in [-0.3, -0.25) is 13.2 Å². The van der Waals surface area contributed by atoms with Gasteiger partial charge in [-0.2, -0.15) is 0 Å². The molecule has 1 unspecified atom stereocenters. The molecule has 344 valence electrons. The molecular weight excluding hydrogens is 867 g/mol. The third-order valence-electron chi connectivity index (χ3n) is 13.6. The fraction of sp³-hybridized carbons (Fsp3) is 0.105. The number of aromatic nitrogens is 10. The maximum Gasteiger partial charge on any atom is 0.215 e. The molecule has 2 aliphatic heterocycles. The summed E-state index contributed by atoms with van der Waals surface area (Å²) in [6, 6.07) is 58.5. The van der Waals surface area contributed by atoms with Crippen molar-refractivity contribution in [3.05, 3.63) is 207 Å². The molecule has 9 heterocycles. The van der Waals surface area contributed by atoms with Crippen molar-refractivity contribution < 1.29 is 0 Å². The van der Waals surface area contributed by atoms with Crippen molar-refractivity contribution in [2.24, 2.45) is 28.2 Å². The second kappa shape index (κ2) is 17.1. The van der Waals surface area contributed by atoms with E-state index in [-0.39, 0.29) is 6.29 Å². The second-order valence-electron chi connectivity index (χ2n) is 17.6. The predicted molar refractivity (Wildman–Crippen MR) is 286 cm³/mol. The summed E-state index contributed by atoms with van der Waals surface area (Å²) in [5.74, 6) is 2.97. The average Bonchev–Trinajstić information content (AvgIpc) is 4.30. The summed E-state index contributed by atoms with van der Waals surface area (Å²) in [6.07, 6.45) is 12.2. The first-order valence-electron chi connectivity index (χ1n) is 23.4. The fourth-order valence-corrected chi connectivity index (χ4v) is 10.1. The zero-order chi connectivity index (χ0) is 47.5. The maximum absolute atomic E-state index is 4.68. The van der Waals surface area contributed by atoms with Gasteiger partial charge < -0.3 is 33.4 Å². The van der Waals surface area contributed by atoms with E-state index in [1.807, 2.05) is 86.0 Å². The van der Waals surface area contributed by atoms with Crippen LogP contribution in [0.1, 0.15) is 0 Å². The highest BCUT2D eigenvalue weighted by molar-refractivity contribution is 6.07. The molecule has 0 spiro atoms. The second-order valence-corrected chi connectivity index (χ2v) is 17.6. The van der Waals surface area contributed by atoms with Gasteiger partial charge in [0.2, 0.25) is 17.3 Å². The number of fused-ring (bicyclic) bond motifs is 17. The molecule has 0 radical (unpaired) electrons. The van der Waals surface area contributed by atoms with Crippen LogP contribution in [0.2, 0.25) is 0 Å². The monoisotopic (exact) mass is 917 g/mol. The standard InChI is InChI=1S/C14H11N3.C13H11N.C10H9N3.C10H11N3.C10H9N3/c1-16-12-8-4-5-9-13(12)17-11-7-3-2-6-10(11)15-14(16)17;1-14-12-8-4-2-6-10(12)11-7-3-5-9-13(11)14;1-12-6-7-13-9-5-3-2-4-8(9)11-10(12)13;2*1-12-8-4-2-3-5-9(8)13-7-6-11-10(12)13/h2-9H,1H3;2-9H,1H3;2-7H,1H3;2-7,10-11H,1H3;2-7H,1H3. The topological polar surface area (TPSA) is 90.1 Å². The van der Waals surface area contributed by atoms with Gasteiger partial charge in [-0.1, -0.05) is 97.1 Å². The zero-order valence-electron chi connectivity index (χ0n) is 39.6. The smallest absolute Gasteiger partial charge is 0.215 e. The molecule has 0 amide bonds. The number of hydrogen-bond acceptors (Lipinski definition) is 6. The van der Waals surface area contributed by atoms with E-state index in [0.717, 1.165) is 33.9 Å². The maximum atomic E-state index is 4.68. The minimum absolute atomic E-state index is 0.275. The third-order valence-corrected chi connectivity index (χ3v) is 13.6. The van der Waals surface area contributed by atoms with Crippen LogP contribution in [0.25, 0.3) is 83.3 Å². The van der Waals surface area contributed by atoms with Gasteiger partial charge in [0.25, 0.3) is 0 Å². The lowest BCUT2D eigenvalue weighted by atomic mass is 10.2. The van der Waals surface area contributed by atoms with Crippen LogP contribution in [0.15, 0.2) is 207 Å². The van der Waals surface area contributed by atoms with Gasteiger partial charge in [-0.25, -0.2) is 15.0 Å². The Morgan fingerprint density at radius 1 is 0.414 bits per heavy atom. The van der Waals surface area contributed by atoms with E-state index in [1.54, 1.807) is 0 Å². The van der Waals surface area contributed by atoms with Gasteiger partial charge in [0.05, 0.1) is 55.5 Å². The molecule has 2 aliphatic rings. The summed E-state index contributed by atoms with van der Waals surface area (Å²) < 4.78 is 14.9. The molecule has 7 aromatic carbocycles. The van der Waals surface area contributed by atoms with Crippen molar-refractivity contribution in [1.29, 1.82) is 0 Å². The Morgan fingerprint density at radius 2 is 0.914 bits per heavy atom. The Labute approximate surface area is 403 Å². The van der Waals surface area contributed by atoms with E-state index in [9.17, 15) is 0 Å². The van der Waals surface area contributed by atoms with Gasteiger partial charge in [0.15, 0.2) is 6.29 Å². The van der Waals surface area contributed by atoms with Crippen LogP contribution in [-0.4, -0.2) is 59.8 Å². The molecule has 0 saturated carbocycles. The first-order valence-corrected chi connectivity index (χ1v) is 23.4. The Morgan fingerprint density at radius 3 is 1.61 bits per heavy atom. The largest absolute Gasteiger partial charge is 0.353 e. The fourth-order valence-electron chi connectivity index (χ4n) is 10.1. The van der Waals surface area contributed by atoms with Crippen molar-refractivity contribution in [1.82, 2.24) is 51.7 Å². The summed E-state index contributed by atoms with van der Waals surface area (Å²) in [5.41, 5.74) is 14.4. The number of nitrogens with one attached hydrogen (secondary N) is 1. The number of para-hydroxylation sites is 12. The summed E-state index contributed by atoms with van der Waals surface area (Å²) in [7, 11) is 10.3. The van der Waals surface area contributed by atoms with Crippen LogP contribution in [0.4, 0.5) is 11.4 Å². The van der Waals surface area contributed by atoms with Crippen LogP contribution < -0.4 is 15.1 Å². The van der Waals surface area contributed by atoms with Crippen molar-refractivity contribution in [3.8, 4) is 0 Å². The highest BCUT2D eigenvalue weighted by atomic mass is 15.5. The third kappa shape index (κ3) is 6.89. The lowest BCUT2D eigenvalue weighted by molar-refractivity contribution is 0.639. The normalized spacial score (nSPS) is 13.6. The van der Waals surface area contributed by atoms with E-state index in [0.29, 0.717) is 0 Å². The Hall–Kier alpha value is -9.23. The molecule has 16 rings (SSSR count). The molecule has 0 saturated heterocycles. The Balaban J connectivity index is 0.0000000905. The number of rotatable bonds is 0. The average molecular weight is 918 g/mol. The number of hydrogen-bond donors (Lipinski definition) is 1. The number of imidazole rings is 6. The van der Waals surface area contributed by atoms with Gasteiger partial charge in [-0.15, -0.1) is 0 Å². The summed E-state index contributed by atoms with van der Waals surface area (Å²) >= 11 is 0. The lowest BCUT2D eigenvalue weighted by Crippen LogP contribution is -2.43. The van der Waals surface area contributed by atoms with Crippen LogP contribution >= 0.6 is 0 Å². The van der Waals surface area contributed by atoms with Gasteiger partial charge >= 0.3 is 0 Å². The molecule has 13 nitrogen and oxygen atoms in total. The first-order chi connectivity index (χ1) is 34.4. The lowest BCUT2D eigenvalue weighted by Gasteiger charge is -2.22. The highest BCUT2D eigenvalue weighted by Crippen LogP contribution is 2.39. The van der Waals surface area contributed by atoms with Crippen molar-refractivity contribution in [2.45, 2.75) is 6.29 Å². The number of aryl methyl sites for hydroxylation is 4. The van der Waals surface area contributed by atoms with Crippen LogP contribution in [-0.2, 0) is 28.2 Å². The summed E-state index contributed by atoms with van der Waals surface area (Å²) in [4.78, 5) is 17.9. The molecule has 14 aromatic rings. The van der Waals surface area contributed by atoms with E-state index in [2.05, 4.69) is 218 Å². The summed E-state index contributed by atoms with van der Waals surface area (Å²) in [5, 5.41) is 5.96. The molecular formula is C57H51N13. The molecule has 13 heteroatoms. The van der Waals surface area contributed by atoms with E-state index < -0.39 is 0 Å².